The summed E-state index contributed by atoms with van der Waals surface area (Å²) in [7, 11) is 0. The Morgan fingerprint density at radius 3 is 2.75 bits per heavy atom. The minimum Gasteiger partial charge on any atom is -0.491 e. The summed E-state index contributed by atoms with van der Waals surface area (Å²) in [6.45, 7) is 8.42. The molecular weight excluding hydrogens is 266 g/mol. The molecule has 0 aliphatic carbocycles. The summed E-state index contributed by atoms with van der Waals surface area (Å²) in [5.41, 5.74) is 1.52. The Balaban J connectivity index is 1.65. The summed E-state index contributed by atoms with van der Waals surface area (Å²) < 4.78 is 5.70. The maximum Gasteiger partial charge on any atom is 0.124 e. The van der Waals surface area contributed by atoms with Gasteiger partial charge in [-0.05, 0) is 23.6 Å². The third-order valence-corrected chi connectivity index (χ3v) is 5.13. The molecule has 1 atom stereocenters. The maximum absolute atomic E-state index is 5.70. The van der Waals surface area contributed by atoms with Crippen molar-refractivity contribution in [1.82, 2.24) is 5.32 Å². The second-order valence-corrected chi connectivity index (χ2v) is 7.47. The predicted octanol–water partition coefficient (Wildman–Crippen LogP) is 4.27. The van der Waals surface area contributed by atoms with Crippen molar-refractivity contribution in [3.05, 3.63) is 51.7 Å². The number of hydrogen-bond acceptors (Lipinski definition) is 3. The smallest absolute Gasteiger partial charge is 0.124 e. The van der Waals surface area contributed by atoms with Crippen LogP contribution in [0.4, 0.5) is 0 Å². The molecule has 1 aromatic carbocycles. The first-order valence-corrected chi connectivity index (χ1v) is 7.90. The van der Waals surface area contributed by atoms with Crippen LogP contribution in [0, 0.1) is 0 Å². The molecule has 20 heavy (non-hydrogen) atoms. The minimum absolute atomic E-state index is 0.242. The predicted molar refractivity (Wildman–Crippen MR) is 84.5 cm³/mol. The summed E-state index contributed by atoms with van der Waals surface area (Å²) in [4.78, 5) is 2.83. The van der Waals surface area contributed by atoms with Crippen LogP contribution >= 0.6 is 11.3 Å². The van der Waals surface area contributed by atoms with Crippen molar-refractivity contribution in [3.63, 3.8) is 0 Å². The van der Waals surface area contributed by atoms with Crippen LogP contribution in [0.15, 0.2) is 36.4 Å². The largest absolute Gasteiger partial charge is 0.491 e. The van der Waals surface area contributed by atoms with Crippen molar-refractivity contribution in [3.8, 4) is 5.75 Å². The zero-order valence-corrected chi connectivity index (χ0v) is 13.1. The summed E-state index contributed by atoms with van der Waals surface area (Å²) in [6, 6.07) is 13.1. The van der Waals surface area contributed by atoms with Gasteiger partial charge in [0.2, 0.25) is 0 Å². The molecule has 1 aromatic heterocycles. The molecule has 2 nitrogen and oxygen atoms in total. The Morgan fingerprint density at radius 2 is 2.00 bits per heavy atom. The van der Waals surface area contributed by atoms with Crippen molar-refractivity contribution in [1.29, 1.82) is 0 Å². The van der Waals surface area contributed by atoms with Gasteiger partial charge < -0.3 is 10.1 Å². The first kappa shape index (κ1) is 13.7. The highest BCUT2D eigenvalue weighted by Crippen LogP contribution is 2.33. The lowest BCUT2D eigenvalue weighted by Crippen LogP contribution is -2.21. The van der Waals surface area contributed by atoms with Crippen LogP contribution in [-0.4, -0.2) is 6.61 Å². The number of ether oxygens (including phenoxy) is 1. The molecule has 0 bridgehead atoms. The van der Waals surface area contributed by atoms with E-state index in [1.54, 1.807) is 0 Å². The molecule has 1 N–H and O–H groups in total. The first-order valence-electron chi connectivity index (χ1n) is 7.08. The monoisotopic (exact) mass is 287 g/mol. The van der Waals surface area contributed by atoms with E-state index in [0.717, 1.165) is 18.9 Å². The van der Waals surface area contributed by atoms with E-state index in [0.29, 0.717) is 6.04 Å². The fourth-order valence-electron chi connectivity index (χ4n) is 2.43. The lowest BCUT2D eigenvalue weighted by molar-refractivity contribution is 0.311. The SMILES string of the molecule is CC(C)(C)c1ccc(CNC2COc3ccccc32)s1. The lowest BCUT2D eigenvalue weighted by atomic mass is 9.95. The van der Waals surface area contributed by atoms with Crippen LogP contribution < -0.4 is 10.1 Å². The van der Waals surface area contributed by atoms with Gasteiger partial charge in [0.25, 0.3) is 0 Å². The number of para-hydroxylation sites is 1. The zero-order valence-electron chi connectivity index (χ0n) is 12.3. The van der Waals surface area contributed by atoms with Crippen LogP contribution in [0.2, 0.25) is 0 Å². The molecule has 0 radical (unpaired) electrons. The number of hydrogen-bond donors (Lipinski definition) is 1. The second kappa shape index (κ2) is 5.23. The Kier molecular flexibility index (Phi) is 3.57. The van der Waals surface area contributed by atoms with Gasteiger partial charge in [-0.15, -0.1) is 11.3 Å². The van der Waals surface area contributed by atoms with Crippen molar-refractivity contribution in [2.45, 2.75) is 38.8 Å². The third-order valence-electron chi connectivity index (χ3n) is 3.62. The van der Waals surface area contributed by atoms with Gasteiger partial charge in [0, 0.05) is 21.9 Å². The molecule has 1 aliphatic heterocycles. The third kappa shape index (κ3) is 2.74. The van der Waals surface area contributed by atoms with E-state index in [9.17, 15) is 0 Å². The molecule has 1 aliphatic rings. The number of benzene rings is 1. The summed E-state index contributed by atoms with van der Waals surface area (Å²) >= 11 is 1.90. The molecule has 106 valence electrons. The van der Waals surface area contributed by atoms with E-state index in [4.69, 9.17) is 4.74 Å². The van der Waals surface area contributed by atoms with Gasteiger partial charge in [0.05, 0.1) is 6.04 Å². The van der Waals surface area contributed by atoms with Crippen molar-refractivity contribution >= 4 is 11.3 Å². The fraction of sp³-hybridized carbons (Fsp3) is 0.412. The molecule has 0 fully saturated rings. The number of nitrogens with one attached hydrogen (secondary N) is 1. The molecular formula is C17H21NOS. The molecule has 3 heteroatoms. The number of rotatable bonds is 3. The number of fused-ring (bicyclic) bond motifs is 1. The zero-order chi connectivity index (χ0) is 14.2. The van der Waals surface area contributed by atoms with E-state index < -0.39 is 0 Å². The molecule has 0 amide bonds. The normalized spacial score (nSPS) is 17.9. The highest BCUT2D eigenvalue weighted by molar-refractivity contribution is 7.12. The molecule has 0 spiro atoms. The quantitative estimate of drug-likeness (QED) is 0.910. The highest BCUT2D eigenvalue weighted by Gasteiger charge is 2.23. The summed E-state index contributed by atoms with van der Waals surface area (Å²) in [5.74, 6) is 1.02. The van der Waals surface area contributed by atoms with Gasteiger partial charge in [-0.2, -0.15) is 0 Å². The van der Waals surface area contributed by atoms with Crippen molar-refractivity contribution in [2.24, 2.45) is 0 Å². The molecule has 3 rings (SSSR count). The maximum atomic E-state index is 5.70. The Bertz CT molecular complexity index is 597. The van der Waals surface area contributed by atoms with Crippen molar-refractivity contribution in [2.75, 3.05) is 6.61 Å². The summed E-state index contributed by atoms with van der Waals surface area (Å²) in [5, 5.41) is 3.60. The van der Waals surface area contributed by atoms with Gasteiger partial charge in [0.15, 0.2) is 0 Å². The fourth-order valence-corrected chi connectivity index (χ4v) is 3.45. The van der Waals surface area contributed by atoms with E-state index >= 15 is 0 Å². The standard InChI is InChI=1S/C17H21NOS/c1-17(2,3)16-9-8-12(20-16)10-18-14-11-19-15-7-5-4-6-13(14)15/h4-9,14,18H,10-11H2,1-3H3. The molecule has 1 unspecified atom stereocenters. The molecule has 0 saturated heterocycles. The minimum atomic E-state index is 0.242. The van der Waals surface area contributed by atoms with Gasteiger partial charge >= 0.3 is 0 Å². The van der Waals surface area contributed by atoms with Gasteiger partial charge in [-0.25, -0.2) is 0 Å². The Morgan fingerprint density at radius 1 is 1.20 bits per heavy atom. The van der Waals surface area contributed by atoms with Gasteiger partial charge in [-0.3, -0.25) is 0 Å². The van der Waals surface area contributed by atoms with Crippen molar-refractivity contribution < 1.29 is 4.74 Å². The van der Waals surface area contributed by atoms with E-state index in [2.05, 4.69) is 50.4 Å². The van der Waals surface area contributed by atoms with Gasteiger partial charge in [0.1, 0.15) is 12.4 Å². The molecule has 2 aromatic rings. The Hall–Kier alpha value is -1.32. The first-order chi connectivity index (χ1) is 9.54. The van der Waals surface area contributed by atoms with E-state index in [1.165, 1.54) is 15.3 Å². The molecule has 0 saturated carbocycles. The molecule has 2 heterocycles. The van der Waals surface area contributed by atoms with Crippen LogP contribution in [0.1, 0.15) is 42.1 Å². The van der Waals surface area contributed by atoms with Crippen LogP contribution in [-0.2, 0) is 12.0 Å². The second-order valence-electron chi connectivity index (χ2n) is 6.30. The lowest BCUT2D eigenvalue weighted by Gasteiger charge is -2.15. The topological polar surface area (TPSA) is 21.3 Å². The number of thiophene rings is 1. The van der Waals surface area contributed by atoms with E-state index in [-0.39, 0.29) is 5.41 Å². The van der Waals surface area contributed by atoms with E-state index in [1.807, 2.05) is 23.5 Å². The Labute approximate surface area is 124 Å². The van der Waals surface area contributed by atoms with Crippen LogP contribution in [0.25, 0.3) is 0 Å². The highest BCUT2D eigenvalue weighted by atomic mass is 32.1. The van der Waals surface area contributed by atoms with Crippen LogP contribution in [0.3, 0.4) is 0 Å². The van der Waals surface area contributed by atoms with Crippen LogP contribution in [0.5, 0.6) is 5.75 Å². The average molecular weight is 287 g/mol. The summed E-state index contributed by atoms with van der Waals surface area (Å²) in [6.07, 6.45) is 0. The van der Waals surface area contributed by atoms with Gasteiger partial charge in [-0.1, -0.05) is 39.0 Å². The average Bonchev–Trinajstić information content (AvgIpc) is 3.02.